The molecule has 0 amide bonds. The maximum Gasteiger partial charge on any atom is 0.193 e. The molecular formula is C14H19N3OS. The molecule has 1 saturated carbocycles. The SMILES string of the molecule is CN(C)C1(C(=O)Cc2cn3ccsc3n2)CCCC1. The second-order valence-corrected chi connectivity index (χ2v) is 6.43. The summed E-state index contributed by atoms with van der Waals surface area (Å²) in [5, 5.41) is 2.01. The monoisotopic (exact) mass is 277 g/mol. The topological polar surface area (TPSA) is 37.6 Å². The van der Waals surface area contributed by atoms with Gasteiger partial charge >= 0.3 is 0 Å². The Morgan fingerprint density at radius 3 is 2.84 bits per heavy atom. The Morgan fingerprint density at radius 2 is 2.21 bits per heavy atom. The molecule has 0 saturated heterocycles. The lowest BCUT2D eigenvalue weighted by Crippen LogP contribution is -2.49. The van der Waals surface area contributed by atoms with Crippen molar-refractivity contribution in [2.24, 2.45) is 0 Å². The van der Waals surface area contributed by atoms with Crippen LogP contribution in [-0.2, 0) is 11.2 Å². The van der Waals surface area contributed by atoms with Gasteiger partial charge in [-0.15, -0.1) is 11.3 Å². The first-order chi connectivity index (χ1) is 9.12. The number of ketones is 1. The number of aromatic nitrogens is 2. The van der Waals surface area contributed by atoms with Crippen LogP contribution in [0.5, 0.6) is 0 Å². The summed E-state index contributed by atoms with van der Waals surface area (Å²) in [6, 6.07) is 0. The third kappa shape index (κ3) is 2.11. The predicted octanol–water partition coefficient (Wildman–Crippen LogP) is 2.38. The number of carbonyl (C=O) groups excluding carboxylic acids is 1. The van der Waals surface area contributed by atoms with Crippen LogP contribution >= 0.6 is 11.3 Å². The van der Waals surface area contributed by atoms with Crippen molar-refractivity contribution in [1.29, 1.82) is 0 Å². The van der Waals surface area contributed by atoms with Gasteiger partial charge in [-0.1, -0.05) is 12.8 Å². The number of imidazole rings is 1. The zero-order chi connectivity index (χ0) is 13.5. The van der Waals surface area contributed by atoms with E-state index in [2.05, 4.69) is 9.88 Å². The Bertz CT molecular complexity index is 564. The van der Waals surface area contributed by atoms with Crippen LogP contribution in [0.15, 0.2) is 17.8 Å². The highest BCUT2D eigenvalue weighted by atomic mass is 32.1. The molecule has 1 aliphatic rings. The van der Waals surface area contributed by atoms with E-state index in [9.17, 15) is 4.79 Å². The number of rotatable bonds is 4. The van der Waals surface area contributed by atoms with Crippen molar-refractivity contribution in [3.63, 3.8) is 0 Å². The van der Waals surface area contributed by atoms with Crippen molar-refractivity contribution >= 4 is 22.1 Å². The zero-order valence-corrected chi connectivity index (χ0v) is 12.2. The summed E-state index contributed by atoms with van der Waals surface area (Å²) in [7, 11) is 4.05. The number of likely N-dealkylation sites (N-methyl/N-ethyl adjacent to an activating group) is 1. The van der Waals surface area contributed by atoms with Gasteiger partial charge in [-0.3, -0.25) is 14.1 Å². The minimum atomic E-state index is -0.253. The van der Waals surface area contributed by atoms with Crippen LogP contribution < -0.4 is 0 Å². The van der Waals surface area contributed by atoms with E-state index < -0.39 is 0 Å². The molecule has 0 atom stereocenters. The molecule has 0 unspecified atom stereocenters. The quantitative estimate of drug-likeness (QED) is 0.861. The fourth-order valence-corrected chi connectivity index (χ4v) is 3.84. The molecule has 1 fully saturated rings. The van der Waals surface area contributed by atoms with Crippen LogP contribution in [0.4, 0.5) is 0 Å². The highest BCUT2D eigenvalue weighted by Gasteiger charge is 2.42. The third-order valence-corrected chi connectivity index (χ3v) is 5.06. The number of Topliss-reactive ketones (excluding diaryl/α,β-unsaturated/α-hetero) is 1. The first-order valence-corrected chi connectivity index (χ1v) is 7.62. The summed E-state index contributed by atoms with van der Waals surface area (Å²) >= 11 is 1.60. The van der Waals surface area contributed by atoms with E-state index in [4.69, 9.17) is 0 Å². The van der Waals surface area contributed by atoms with Gasteiger partial charge in [0.1, 0.15) is 0 Å². The molecule has 5 heteroatoms. The van der Waals surface area contributed by atoms with Gasteiger partial charge in [-0.05, 0) is 26.9 Å². The van der Waals surface area contributed by atoms with Crippen LogP contribution in [0.1, 0.15) is 31.4 Å². The second-order valence-electron chi connectivity index (χ2n) is 5.56. The third-order valence-electron chi connectivity index (χ3n) is 4.29. The van der Waals surface area contributed by atoms with E-state index in [-0.39, 0.29) is 5.54 Å². The van der Waals surface area contributed by atoms with Crippen LogP contribution in [-0.4, -0.2) is 39.7 Å². The summed E-state index contributed by atoms with van der Waals surface area (Å²) in [5.74, 6) is 0.320. The molecule has 102 valence electrons. The number of nitrogens with zero attached hydrogens (tertiary/aromatic N) is 3. The fourth-order valence-electron chi connectivity index (χ4n) is 3.13. The predicted molar refractivity (Wildman–Crippen MR) is 76.7 cm³/mol. The first kappa shape index (κ1) is 12.8. The standard InChI is InChI=1S/C14H19N3OS/c1-16(2)14(5-3-4-6-14)12(18)9-11-10-17-7-8-19-13(17)15-11/h7-8,10H,3-6,9H2,1-2H3. The van der Waals surface area contributed by atoms with E-state index in [1.807, 2.05) is 36.3 Å². The molecule has 4 nitrogen and oxygen atoms in total. The van der Waals surface area contributed by atoms with Crippen LogP contribution in [0.3, 0.4) is 0 Å². The van der Waals surface area contributed by atoms with Crippen molar-refractivity contribution < 1.29 is 4.79 Å². The minimum Gasteiger partial charge on any atom is -0.297 e. The van der Waals surface area contributed by atoms with Gasteiger partial charge < -0.3 is 0 Å². The summed E-state index contributed by atoms with van der Waals surface area (Å²) < 4.78 is 1.99. The maximum atomic E-state index is 12.7. The number of thiazole rings is 1. The molecule has 0 aliphatic heterocycles. The maximum absolute atomic E-state index is 12.7. The Labute approximate surface area is 117 Å². The molecular weight excluding hydrogens is 258 g/mol. The summed E-state index contributed by atoms with van der Waals surface area (Å²) in [4.78, 5) is 20.3. The molecule has 0 radical (unpaired) electrons. The highest BCUT2D eigenvalue weighted by molar-refractivity contribution is 7.15. The van der Waals surface area contributed by atoms with E-state index in [0.717, 1.165) is 36.3 Å². The lowest BCUT2D eigenvalue weighted by Gasteiger charge is -2.34. The number of hydrogen-bond donors (Lipinski definition) is 0. The molecule has 1 aliphatic carbocycles. The van der Waals surface area contributed by atoms with Crippen molar-refractivity contribution in [3.8, 4) is 0 Å². The minimum absolute atomic E-state index is 0.253. The normalized spacial score (nSPS) is 18.5. The summed E-state index contributed by atoms with van der Waals surface area (Å²) in [6.07, 6.45) is 8.69. The molecule has 19 heavy (non-hydrogen) atoms. The molecule has 2 aromatic rings. The van der Waals surface area contributed by atoms with Crippen LogP contribution in [0.2, 0.25) is 0 Å². The van der Waals surface area contributed by atoms with Gasteiger partial charge in [0, 0.05) is 17.8 Å². The Morgan fingerprint density at radius 1 is 1.47 bits per heavy atom. The molecule has 0 spiro atoms. The van der Waals surface area contributed by atoms with E-state index >= 15 is 0 Å². The van der Waals surface area contributed by atoms with E-state index in [1.54, 1.807) is 11.3 Å². The molecule has 2 aromatic heterocycles. The smallest absolute Gasteiger partial charge is 0.193 e. The van der Waals surface area contributed by atoms with Crippen molar-refractivity contribution in [2.75, 3.05) is 14.1 Å². The Balaban J connectivity index is 1.82. The second kappa shape index (κ2) is 4.72. The Kier molecular flexibility index (Phi) is 3.19. The Hall–Kier alpha value is -1.20. The van der Waals surface area contributed by atoms with E-state index in [0.29, 0.717) is 12.2 Å². The van der Waals surface area contributed by atoms with Gasteiger partial charge in [-0.25, -0.2) is 4.98 Å². The van der Waals surface area contributed by atoms with Gasteiger partial charge in [0.25, 0.3) is 0 Å². The van der Waals surface area contributed by atoms with E-state index in [1.165, 1.54) is 0 Å². The van der Waals surface area contributed by atoms with Crippen molar-refractivity contribution in [1.82, 2.24) is 14.3 Å². The molecule has 2 heterocycles. The van der Waals surface area contributed by atoms with Gasteiger partial charge in [0.15, 0.2) is 10.7 Å². The molecule has 0 bridgehead atoms. The largest absolute Gasteiger partial charge is 0.297 e. The van der Waals surface area contributed by atoms with Gasteiger partial charge in [0.2, 0.25) is 0 Å². The average molecular weight is 277 g/mol. The van der Waals surface area contributed by atoms with Crippen molar-refractivity contribution in [2.45, 2.75) is 37.6 Å². The zero-order valence-electron chi connectivity index (χ0n) is 11.4. The lowest BCUT2D eigenvalue weighted by molar-refractivity contribution is -0.128. The first-order valence-electron chi connectivity index (χ1n) is 6.74. The summed E-state index contributed by atoms with van der Waals surface area (Å²) in [5.41, 5.74) is 0.641. The van der Waals surface area contributed by atoms with Crippen LogP contribution in [0, 0.1) is 0 Å². The van der Waals surface area contributed by atoms with Gasteiger partial charge in [0.05, 0.1) is 17.7 Å². The van der Waals surface area contributed by atoms with Crippen molar-refractivity contribution in [3.05, 3.63) is 23.5 Å². The fraction of sp³-hybridized carbons (Fsp3) is 0.571. The highest BCUT2D eigenvalue weighted by Crippen LogP contribution is 2.35. The lowest BCUT2D eigenvalue weighted by atomic mass is 9.88. The molecule has 3 rings (SSSR count). The molecule has 0 N–H and O–H groups in total. The van der Waals surface area contributed by atoms with Crippen LogP contribution in [0.25, 0.3) is 4.96 Å². The summed E-state index contributed by atoms with van der Waals surface area (Å²) in [6.45, 7) is 0. The number of carbonyl (C=O) groups is 1. The number of hydrogen-bond acceptors (Lipinski definition) is 4. The molecule has 0 aromatic carbocycles. The van der Waals surface area contributed by atoms with Gasteiger partial charge in [-0.2, -0.15) is 0 Å². The average Bonchev–Trinajstić information content (AvgIpc) is 3.02. The number of fused-ring (bicyclic) bond motifs is 1.